The lowest BCUT2D eigenvalue weighted by molar-refractivity contribution is -0.169. The van der Waals surface area contributed by atoms with Gasteiger partial charge < -0.3 is 25.6 Å². The van der Waals surface area contributed by atoms with E-state index in [0.717, 1.165) is 0 Å². The quantitative estimate of drug-likeness (QED) is 0.499. The molecule has 0 aromatic carbocycles. The number of carbonyl (C=O) groups is 4. The van der Waals surface area contributed by atoms with E-state index in [2.05, 4.69) is 10.6 Å². The number of carboxylic acid groups (broad SMARTS) is 2. The highest BCUT2D eigenvalue weighted by Gasteiger charge is 2.57. The van der Waals surface area contributed by atoms with Gasteiger partial charge in [-0.2, -0.15) is 0 Å². The van der Waals surface area contributed by atoms with Crippen molar-refractivity contribution in [3.05, 3.63) is 0 Å². The third kappa shape index (κ3) is 5.84. The Hall–Kier alpha value is -2.32. The summed E-state index contributed by atoms with van der Waals surface area (Å²) in [5.41, 5.74) is -4.45. The van der Waals surface area contributed by atoms with Gasteiger partial charge in [0.2, 0.25) is 5.91 Å². The van der Waals surface area contributed by atoms with Crippen LogP contribution in [0.1, 0.15) is 60.8 Å². The first-order valence-corrected chi connectivity index (χ1v) is 9.25. The van der Waals surface area contributed by atoms with Crippen molar-refractivity contribution in [3.63, 3.8) is 0 Å². The maximum absolute atomic E-state index is 12.8. The van der Waals surface area contributed by atoms with Gasteiger partial charge >= 0.3 is 18.0 Å². The van der Waals surface area contributed by atoms with E-state index in [4.69, 9.17) is 4.74 Å². The van der Waals surface area contributed by atoms with E-state index in [1.807, 2.05) is 0 Å². The summed E-state index contributed by atoms with van der Waals surface area (Å²) < 4.78 is 5.09. The van der Waals surface area contributed by atoms with Crippen molar-refractivity contribution in [2.24, 2.45) is 16.2 Å². The molecular weight excluding hydrogens is 368 g/mol. The van der Waals surface area contributed by atoms with E-state index in [1.54, 1.807) is 27.7 Å². The fourth-order valence-electron chi connectivity index (χ4n) is 4.10. The summed E-state index contributed by atoms with van der Waals surface area (Å²) in [6, 6.07) is 0. The molecule has 1 aliphatic rings. The molecule has 0 aromatic rings. The number of hydrogen-bond donors (Lipinski definition) is 4. The van der Waals surface area contributed by atoms with Crippen LogP contribution in [0.3, 0.4) is 0 Å². The Morgan fingerprint density at radius 1 is 0.821 bits per heavy atom. The van der Waals surface area contributed by atoms with Crippen molar-refractivity contribution < 1.29 is 34.1 Å². The van der Waals surface area contributed by atoms with E-state index in [-0.39, 0.29) is 32.4 Å². The Morgan fingerprint density at radius 2 is 1.21 bits per heavy atom. The van der Waals surface area contributed by atoms with E-state index in [0.29, 0.717) is 0 Å². The van der Waals surface area contributed by atoms with E-state index >= 15 is 0 Å². The molecule has 1 fully saturated rings. The minimum Gasteiger partial charge on any atom is -0.481 e. The standard InChI is InChI=1S/C19H32N2O7/c1-16(2,3)28-15(27)21-8-7-20-12(22)17(4)9-18(5,13(23)24)11-19(6,10-17)14(25)26/h7-11H2,1-6H3,(H,20,22)(H,21,27)(H,23,24)(H,25,26). The largest absolute Gasteiger partial charge is 0.481 e. The van der Waals surface area contributed by atoms with Gasteiger partial charge in [0.1, 0.15) is 5.60 Å². The SMILES string of the molecule is CC(C)(C)OC(=O)NCCNC(=O)C1(C)CC(C)(C(=O)O)CC(C)(C(=O)O)C1. The fourth-order valence-corrected chi connectivity index (χ4v) is 4.10. The first-order valence-electron chi connectivity index (χ1n) is 9.25. The van der Waals surface area contributed by atoms with Crippen LogP contribution in [0, 0.1) is 16.2 Å². The molecule has 1 rings (SSSR count). The van der Waals surface area contributed by atoms with Gasteiger partial charge in [0.05, 0.1) is 10.8 Å². The lowest BCUT2D eigenvalue weighted by Crippen LogP contribution is -2.54. The Morgan fingerprint density at radius 3 is 1.61 bits per heavy atom. The van der Waals surface area contributed by atoms with Gasteiger partial charge in [-0.3, -0.25) is 14.4 Å². The van der Waals surface area contributed by atoms with Gasteiger partial charge in [-0.05, 0) is 53.9 Å². The molecule has 0 radical (unpaired) electrons. The third-order valence-corrected chi connectivity index (χ3v) is 5.00. The first kappa shape index (κ1) is 23.7. The molecule has 0 heterocycles. The van der Waals surface area contributed by atoms with Crippen LogP contribution in [0.4, 0.5) is 4.79 Å². The average molecular weight is 400 g/mol. The molecule has 4 N–H and O–H groups in total. The predicted octanol–water partition coefficient (Wildman–Crippen LogP) is 2.00. The zero-order valence-electron chi connectivity index (χ0n) is 17.5. The number of carbonyl (C=O) groups excluding carboxylic acids is 2. The molecule has 2 atom stereocenters. The lowest BCUT2D eigenvalue weighted by Gasteiger charge is -2.48. The molecule has 9 nitrogen and oxygen atoms in total. The second-order valence-corrected chi connectivity index (χ2v) is 9.51. The Balaban J connectivity index is 2.78. The molecule has 9 heteroatoms. The molecule has 0 aromatic heterocycles. The first-order chi connectivity index (χ1) is 12.5. The third-order valence-electron chi connectivity index (χ3n) is 5.00. The van der Waals surface area contributed by atoms with Crippen molar-refractivity contribution >= 4 is 23.9 Å². The molecular formula is C19H32N2O7. The molecule has 0 bridgehead atoms. The summed E-state index contributed by atoms with van der Waals surface area (Å²) in [5.74, 6) is -2.67. The van der Waals surface area contributed by atoms with Gasteiger partial charge in [0.15, 0.2) is 0 Å². The average Bonchev–Trinajstić information content (AvgIpc) is 2.48. The summed E-state index contributed by atoms with van der Waals surface area (Å²) in [7, 11) is 0. The van der Waals surface area contributed by atoms with Crippen LogP contribution >= 0.6 is 0 Å². The van der Waals surface area contributed by atoms with Crippen LogP contribution in [0.15, 0.2) is 0 Å². The van der Waals surface area contributed by atoms with Gasteiger partial charge in [-0.15, -0.1) is 0 Å². The molecule has 160 valence electrons. The lowest BCUT2D eigenvalue weighted by atomic mass is 9.54. The van der Waals surface area contributed by atoms with Crippen LogP contribution in [0.25, 0.3) is 0 Å². The molecule has 2 unspecified atom stereocenters. The summed E-state index contributed by atoms with van der Waals surface area (Å²) in [6.07, 6.45) is -0.594. The highest BCUT2D eigenvalue weighted by molar-refractivity contribution is 5.87. The number of aliphatic carboxylic acids is 2. The minimum atomic E-state index is -1.33. The fraction of sp³-hybridized carbons (Fsp3) is 0.789. The number of alkyl carbamates (subject to hydrolysis) is 1. The second kappa shape index (κ2) is 7.97. The number of carboxylic acids is 2. The van der Waals surface area contributed by atoms with Crippen LogP contribution in [-0.4, -0.2) is 52.8 Å². The molecule has 28 heavy (non-hydrogen) atoms. The van der Waals surface area contributed by atoms with Gasteiger partial charge in [-0.25, -0.2) is 4.79 Å². The molecule has 1 aliphatic carbocycles. The maximum atomic E-state index is 12.8. The zero-order valence-corrected chi connectivity index (χ0v) is 17.5. The van der Waals surface area contributed by atoms with Crippen LogP contribution in [0.2, 0.25) is 0 Å². The van der Waals surface area contributed by atoms with Crippen molar-refractivity contribution in [2.45, 2.75) is 66.4 Å². The second-order valence-electron chi connectivity index (χ2n) is 9.51. The van der Waals surface area contributed by atoms with Crippen molar-refractivity contribution in [3.8, 4) is 0 Å². The van der Waals surface area contributed by atoms with Gasteiger partial charge in [0.25, 0.3) is 0 Å². The Labute approximate surface area is 165 Å². The van der Waals surface area contributed by atoms with E-state index in [1.165, 1.54) is 13.8 Å². The topological polar surface area (TPSA) is 142 Å². The minimum absolute atomic E-state index is 0.0313. The van der Waals surface area contributed by atoms with Crippen LogP contribution in [-0.2, 0) is 19.1 Å². The van der Waals surface area contributed by atoms with Gasteiger partial charge in [-0.1, -0.05) is 6.92 Å². The number of rotatable bonds is 6. The monoisotopic (exact) mass is 400 g/mol. The van der Waals surface area contributed by atoms with Crippen LogP contribution < -0.4 is 10.6 Å². The smallest absolute Gasteiger partial charge is 0.407 e. The summed E-state index contributed by atoms with van der Waals surface area (Å²) in [5, 5.41) is 24.4. The highest BCUT2D eigenvalue weighted by atomic mass is 16.6. The molecule has 0 saturated heterocycles. The number of amides is 2. The predicted molar refractivity (Wildman–Crippen MR) is 101 cm³/mol. The van der Waals surface area contributed by atoms with Crippen LogP contribution in [0.5, 0.6) is 0 Å². The number of hydrogen-bond acceptors (Lipinski definition) is 5. The summed E-state index contributed by atoms with van der Waals surface area (Å²) in [4.78, 5) is 47.9. The van der Waals surface area contributed by atoms with Gasteiger partial charge in [0, 0.05) is 18.5 Å². The van der Waals surface area contributed by atoms with Crippen molar-refractivity contribution in [1.29, 1.82) is 0 Å². The Kier molecular flexibility index (Phi) is 6.75. The molecule has 2 amide bonds. The normalized spacial score (nSPS) is 30.2. The van der Waals surface area contributed by atoms with E-state index < -0.39 is 45.8 Å². The molecule has 0 spiro atoms. The zero-order chi connectivity index (χ0) is 22.0. The Bertz CT molecular complexity index is 627. The number of ether oxygens (including phenoxy) is 1. The highest BCUT2D eigenvalue weighted by Crippen LogP contribution is 2.54. The molecule has 0 aliphatic heterocycles. The van der Waals surface area contributed by atoms with Crippen molar-refractivity contribution in [2.75, 3.05) is 13.1 Å². The molecule has 1 saturated carbocycles. The summed E-state index contributed by atoms with van der Waals surface area (Å²) >= 11 is 0. The van der Waals surface area contributed by atoms with Crippen molar-refractivity contribution in [1.82, 2.24) is 10.6 Å². The van der Waals surface area contributed by atoms with E-state index in [9.17, 15) is 29.4 Å². The number of nitrogens with one attached hydrogen (secondary N) is 2. The maximum Gasteiger partial charge on any atom is 0.407 e. The summed E-state index contributed by atoms with van der Waals surface area (Å²) in [6.45, 7) is 9.98.